The zero-order chi connectivity index (χ0) is 17.1. The first kappa shape index (κ1) is 15.7. The number of aromatic nitrogens is 3. The van der Waals surface area contributed by atoms with E-state index in [0.717, 1.165) is 28.5 Å². The van der Waals surface area contributed by atoms with Gasteiger partial charge in [0.15, 0.2) is 0 Å². The lowest BCUT2D eigenvalue weighted by Gasteiger charge is -2.10. The second kappa shape index (κ2) is 6.54. The molecule has 120 valence electrons. The van der Waals surface area contributed by atoms with Crippen molar-refractivity contribution in [2.75, 3.05) is 5.32 Å². The van der Waals surface area contributed by atoms with Crippen LogP contribution in [0.1, 0.15) is 21.6 Å². The molecular formula is C18H15FN4O. The first-order chi connectivity index (χ1) is 11.5. The highest BCUT2D eigenvalue weighted by Gasteiger charge is 2.13. The van der Waals surface area contributed by atoms with E-state index in [0.29, 0.717) is 0 Å². The molecule has 6 heteroatoms. The fourth-order valence-corrected chi connectivity index (χ4v) is 2.31. The van der Waals surface area contributed by atoms with E-state index in [2.05, 4.69) is 20.3 Å². The van der Waals surface area contributed by atoms with Gasteiger partial charge in [0.2, 0.25) is 0 Å². The maximum absolute atomic E-state index is 12.9. The molecule has 0 saturated heterocycles. The number of anilines is 1. The Morgan fingerprint density at radius 3 is 2.54 bits per heavy atom. The van der Waals surface area contributed by atoms with Crippen molar-refractivity contribution in [3.8, 4) is 11.1 Å². The number of hydrogen-bond donors (Lipinski definition) is 1. The summed E-state index contributed by atoms with van der Waals surface area (Å²) in [5, 5.41) is 2.60. The predicted octanol–water partition coefficient (Wildman–Crippen LogP) is 3.55. The van der Waals surface area contributed by atoms with Crippen LogP contribution in [-0.4, -0.2) is 20.9 Å². The first-order valence-electron chi connectivity index (χ1n) is 7.35. The third kappa shape index (κ3) is 3.27. The van der Waals surface area contributed by atoms with Crippen LogP contribution in [0.25, 0.3) is 11.1 Å². The minimum atomic E-state index is -0.462. The summed E-state index contributed by atoms with van der Waals surface area (Å²) in [7, 11) is 0. The highest BCUT2D eigenvalue weighted by Crippen LogP contribution is 2.26. The lowest BCUT2D eigenvalue weighted by Crippen LogP contribution is -2.15. The van der Waals surface area contributed by atoms with E-state index in [1.54, 1.807) is 24.7 Å². The Bertz CT molecular complexity index is 894. The molecule has 0 bridgehead atoms. The lowest BCUT2D eigenvalue weighted by atomic mass is 9.99. The van der Waals surface area contributed by atoms with Crippen molar-refractivity contribution in [2.24, 2.45) is 0 Å². The van der Waals surface area contributed by atoms with Gasteiger partial charge in [0.1, 0.15) is 17.3 Å². The molecule has 0 saturated carbocycles. The van der Waals surface area contributed by atoms with Crippen molar-refractivity contribution in [1.29, 1.82) is 0 Å². The summed E-state index contributed by atoms with van der Waals surface area (Å²) in [6, 6.07) is 6.26. The van der Waals surface area contributed by atoms with Crippen LogP contribution in [-0.2, 0) is 0 Å². The van der Waals surface area contributed by atoms with Gasteiger partial charge in [-0.3, -0.25) is 14.8 Å². The number of hydrogen-bond acceptors (Lipinski definition) is 4. The normalized spacial score (nSPS) is 10.5. The highest BCUT2D eigenvalue weighted by atomic mass is 19.1. The van der Waals surface area contributed by atoms with Crippen LogP contribution in [0.5, 0.6) is 0 Å². The number of rotatable bonds is 3. The van der Waals surface area contributed by atoms with Gasteiger partial charge in [-0.25, -0.2) is 9.37 Å². The number of carbonyl (C=O) groups is 1. The Labute approximate surface area is 138 Å². The molecule has 5 nitrogen and oxygen atoms in total. The molecule has 3 aromatic rings. The first-order valence-corrected chi connectivity index (χ1v) is 7.35. The number of halogens is 1. The molecule has 0 spiro atoms. The lowest BCUT2D eigenvalue weighted by molar-refractivity contribution is 0.102. The predicted molar refractivity (Wildman–Crippen MR) is 89.1 cm³/mol. The smallest absolute Gasteiger partial charge is 0.275 e. The molecule has 0 aliphatic rings. The molecule has 0 unspecified atom stereocenters. The molecule has 0 aromatic carbocycles. The Kier molecular flexibility index (Phi) is 4.29. The summed E-state index contributed by atoms with van der Waals surface area (Å²) in [6.45, 7) is 3.91. The van der Waals surface area contributed by atoms with Gasteiger partial charge in [0.05, 0.1) is 6.20 Å². The van der Waals surface area contributed by atoms with E-state index in [1.165, 1.54) is 12.1 Å². The Hall–Kier alpha value is -3.15. The van der Waals surface area contributed by atoms with Gasteiger partial charge < -0.3 is 5.32 Å². The van der Waals surface area contributed by atoms with E-state index in [-0.39, 0.29) is 11.5 Å². The molecular weight excluding hydrogens is 307 g/mol. The molecule has 1 N–H and O–H groups in total. The number of pyridine rings is 3. The molecule has 0 aliphatic heterocycles. The molecule has 1 amide bonds. The number of aryl methyl sites for hydroxylation is 2. The molecule has 0 radical (unpaired) electrons. The van der Waals surface area contributed by atoms with E-state index in [9.17, 15) is 9.18 Å². The Morgan fingerprint density at radius 2 is 1.83 bits per heavy atom. The number of carbonyl (C=O) groups excluding carboxylic acids is 1. The van der Waals surface area contributed by atoms with Crippen molar-refractivity contribution in [2.45, 2.75) is 13.8 Å². The third-order valence-electron chi connectivity index (χ3n) is 3.63. The number of nitrogens with one attached hydrogen (secondary N) is 1. The fraction of sp³-hybridized carbons (Fsp3) is 0.111. The SMILES string of the molecule is Cc1ccncc1-c1cc(C(=O)Nc2ccc(F)cn2)ncc1C. The summed E-state index contributed by atoms with van der Waals surface area (Å²) >= 11 is 0. The van der Waals surface area contributed by atoms with Crippen LogP contribution in [0.2, 0.25) is 0 Å². The fourth-order valence-electron chi connectivity index (χ4n) is 2.31. The zero-order valence-electron chi connectivity index (χ0n) is 13.2. The summed E-state index contributed by atoms with van der Waals surface area (Å²) in [5.74, 6) is -0.601. The number of nitrogens with zero attached hydrogens (tertiary/aromatic N) is 3. The summed E-state index contributed by atoms with van der Waals surface area (Å²) in [5.41, 5.74) is 4.11. The van der Waals surface area contributed by atoms with Crippen molar-refractivity contribution < 1.29 is 9.18 Å². The second-order valence-corrected chi connectivity index (χ2v) is 5.39. The van der Waals surface area contributed by atoms with Crippen molar-refractivity contribution in [3.63, 3.8) is 0 Å². The minimum absolute atomic E-state index is 0.255. The van der Waals surface area contributed by atoms with Crippen LogP contribution < -0.4 is 5.32 Å². The molecule has 24 heavy (non-hydrogen) atoms. The molecule has 0 fully saturated rings. The average molecular weight is 322 g/mol. The van der Waals surface area contributed by atoms with Crippen LogP contribution in [0.3, 0.4) is 0 Å². The molecule has 0 aliphatic carbocycles. The van der Waals surface area contributed by atoms with Crippen molar-refractivity contribution >= 4 is 11.7 Å². The van der Waals surface area contributed by atoms with Crippen LogP contribution in [0.15, 0.2) is 49.1 Å². The maximum Gasteiger partial charge on any atom is 0.275 e. The largest absolute Gasteiger partial charge is 0.305 e. The van der Waals surface area contributed by atoms with Crippen molar-refractivity contribution in [3.05, 3.63) is 71.7 Å². The van der Waals surface area contributed by atoms with Crippen LogP contribution in [0, 0.1) is 19.7 Å². The summed E-state index contributed by atoms with van der Waals surface area (Å²) in [6.07, 6.45) is 6.18. The maximum atomic E-state index is 12.9. The van der Waals surface area contributed by atoms with Gasteiger partial charge >= 0.3 is 0 Å². The Morgan fingerprint density at radius 1 is 1.00 bits per heavy atom. The standard InChI is InChI=1S/C18H15FN4O/c1-11-5-6-20-10-15(11)14-7-16(21-8-12(14)2)18(24)23-17-4-3-13(19)9-22-17/h3-10H,1-2H3,(H,22,23,24). The Balaban J connectivity index is 1.92. The van der Waals surface area contributed by atoms with Crippen LogP contribution in [0.4, 0.5) is 10.2 Å². The number of amides is 1. The highest BCUT2D eigenvalue weighted by molar-refractivity contribution is 6.03. The van der Waals surface area contributed by atoms with Gasteiger partial charge in [0.25, 0.3) is 5.91 Å². The molecule has 3 aromatic heterocycles. The summed E-state index contributed by atoms with van der Waals surface area (Å²) in [4.78, 5) is 24.5. The van der Waals surface area contributed by atoms with Gasteiger partial charge in [-0.15, -0.1) is 0 Å². The van der Waals surface area contributed by atoms with Crippen LogP contribution >= 0.6 is 0 Å². The van der Waals surface area contributed by atoms with Crippen molar-refractivity contribution in [1.82, 2.24) is 15.0 Å². The zero-order valence-corrected chi connectivity index (χ0v) is 13.2. The molecule has 0 atom stereocenters. The van der Waals surface area contributed by atoms with Gasteiger partial charge in [0, 0.05) is 24.2 Å². The van der Waals surface area contributed by atoms with Gasteiger partial charge in [-0.05, 0) is 54.8 Å². The average Bonchev–Trinajstić information content (AvgIpc) is 2.58. The van der Waals surface area contributed by atoms with Gasteiger partial charge in [-0.2, -0.15) is 0 Å². The molecule has 3 heterocycles. The van der Waals surface area contributed by atoms with E-state index in [4.69, 9.17) is 0 Å². The minimum Gasteiger partial charge on any atom is -0.305 e. The topological polar surface area (TPSA) is 67.8 Å². The van der Waals surface area contributed by atoms with E-state index < -0.39 is 11.7 Å². The van der Waals surface area contributed by atoms with E-state index in [1.807, 2.05) is 19.9 Å². The third-order valence-corrected chi connectivity index (χ3v) is 3.63. The summed E-state index contributed by atoms with van der Waals surface area (Å²) < 4.78 is 12.9. The quantitative estimate of drug-likeness (QED) is 0.801. The monoisotopic (exact) mass is 322 g/mol. The molecule has 3 rings (SSSR count). The second-order valence-electron chi connectivity index (χ2n) is 5.39. The van der Waals surface area contributed by atoms with E-state index >= 15 is 0 Å². The van der Waals surface area contributed by atoms with Gasteiger partial charge in [-0.1, -0.05) is 0 Å².